The summed E-state index contributed by atoms with van der Waals surface area (Å²) in [5, 5.41) is 27.0. The largest absolute Gasteiger partial charge is 1.00 e. The zero-order chi connectivity index (χ0) is 20.1. The second-order valence-corrected chi connectivity index (χ2v) is 5.85. The molecule has 1 fully saturated rings. The Hall–Kier alpha value is -1.50. The molecule has 4 rings (SSSR count). The first kappa shape index (κ1) is 24.5. The summed E-state index contributed by atoms with van der Waals surface area (Å²) in [5.74, 6) is -0.475. The first-order valence-electron chi connectivity index (χ1n) is 8.16. The minimum Gasteiger partial charge on any atom is -0.680 e. The van der Waals surface area contributed by atoms with Crippen molar-refractivity contribution in [1.82, 2.24) is 15.2 Å². The Morgan fingerprint density at radius 1 is 1.36 bits per heavy atom. The van der Waals surface area contributed by atoms with Gasteiger partial charge < -0.3 is 15.6 Å². The molecule has 1 aliphatic carbocycles. The molecule has 1 saturated carbocycles. The molecule has 9 heteroatoms. The number of aromatic hydroxyl groups is 1. The first-order chi connectivity index (χ1) is 13.1. The number of fused-ring (bicyclic) bond motifs is 1. The molecule has 0 saturated heterocycles. The van der Waals surface area contributed by atoms with Gasteiger partial charge in [0.05, 0.1) is 11.3 Å². The van der Waals surface area contributed by atoms with Crippen LogP contribution in [-0.4, -0.2) is 34.1 Å². The van der Waals surface area contributed by atoms with Gasteiger partial charge in [-0.2, -0.15) is 17.4 Å². The van der Waals surface area contributed by atoms with Crippen LogP contribution in [0.5, 0.6) is 5.75 Å². The minimum atomic E-state index is -0.609. The molecule has 3 aromatic rings. The van der Waals surface area contributed by atoms with Crippen LogP contribution in [0.3, 0.4) is 0 Å². The van der Waals surface area contributed by atoms with Gasteiger partial charge in [-0.3, -0.25) is 5.10 Å². The molecule has 140 valence electrons. The Morgan fingerprint density at radius 2 is 2.00 bits per heavy atom. The van der Waals surface area contributed by atoms with Crippen LogP contribution in [0.1, 0.15) is 35.6 Å². The molecule has 2 aromatic heterocycles. The van der Waals surface area contributed by atoms with Gasteiger partial charge in [-0.1, -0.05) is 0 Å². The number of carbonyl (C=O) groups excluding carboxylic acids is 1. The van der Waals surface area contributed by atoms with Crippen molar-refractivity contribution in [2.75, 3.05) is 7.05 Å². The van der Waals surface area contributed by atoms with Crippen molar-refractivity contribution < 1.29 is 72.5 Å². The third kappa shape index (κ3) is 4.73. The van der Waals surface area contributed by atoms with E-state index in [2.05, 4.69) is 21.3 Å². The molecule has 1 aliphatic rings. The number of nitrogens with one attached hydrogen (secondary N) is 2. The number of halogens is 1. The van der Waals surface area contributed by atoms with E-state index in [1.807, 2.05) is 13.7 Å². The zero-order valence-corrected chi connectivity index (χ0v) is 20.9. The van der Waals surface area contributed by atoms with Crippen molar-refractivity contribution in [2.45, 2.75) is 25.7 Å². The summed E-state index contributed by atoms with van der Waals surface area (Å²) < 4.78 is 14.3. The van der Waals surface area contributed by atoms with Gasteiger partial charge in [-0.25, -0.2) is 9.37 Å². The number of rotatable bonds is 2. The number of hydrogen-bond donors (Lipinski definition) is 2. The molecule has 0 radical (unpaired) electrons. The Bertz CT molecular complexity index is 1010. The van der Waals surface area contributed by atoms with Gasteiger partial charge in [-0.05, 0) is 43.4 Å². The number of aryl methyl sites for hydroxylation is 1. The molecule has 0 atom stereocenters. The van der Waals surface area contributed by atoms with Crippen LogP contribution in [0, 0.1) is 24.1 Å². The normalized spacial score (nSPS) is 12.0. The SMILES string of the molecule is C=O.C[NH-].Cc1[nH]nc2nc(-c3ccc(O)cc3F)c(C#N)c(C3CC3)c12.[Rb+]. The van der Waals surface area contributed by atoms with Crippen molar-refractivity contribution in [3.63, 3.8) is 0 Å². The number of hydrogen-bond acceptors (Lipinski definition) is 5. The predicted octanol–water partition coefficient (Wildman–Crippen LogP) is 1.01. The number of aromatic nitrogens is 3. The topological polar surface area (TPSA) is 126 Å². The van der Waals surface area contributed by atoms with Crippen LogP contribution in [0.15, 0.2) is 18.2 Å². The summed E-state index contributed by atoms with van der Waals surface area (Å²) in [7, 11) is 1.25. The fourth-order valence-electron chi connectivity index (χ4n) is 3.02. The molecule has 1 aromatic carbocycles. The standard InChI is InChI=1S/C17H13FN4O.CH4N.CH2O.Rb/c1-8-14-15(9-2-3-9)12(7-19)16(20-17(14)22-21-8)11-5-4-10(23)6-13(11)18;2*1-2;/h4-6,9,23H,2-3H2,1H3,(H,20,21,22);2H,1H3;1H2;/q;-1;;+1. The maximum atomic E-state index is 14.3. The van der Waals surface area contributed by atoms with E-state index < -0.39 is 5.82 Å². The summed E-state index contributed by atoms with van der Waals surface area (Å²) in [6, 6.07) is 6.05. The second kappa shape index (κ2) is 10.9. The molecule has 3 N–H and O–H groups in total. The maximum absolute atomic E-state index is 14.3. The van der Waals surface area contributed by atoms with Gasteiger partial charge in [0.15, 0.2) is 5.65 Å². The number of H-pyrrole nitrogens is 1. The Morgan fingerprint density at radius 3 is 2.54 bits per heavy atom. The van der Waals surface area contributed by atoms with Gasteiger partial charge in [0.25, 0.3) is 0 Å². The second-order valence-electron chi connectivity index (χ2n) is 5.85. The van der Waals surface area contributed by atoms with Gasteiger partial charge in [0.1, 0.15) is 24.4 Å². The maximum Gasteiger partial charge on any atom is 1.00 e. The number of phenols is 1. The molecule has 2 heterocycles. The summed E-state index contributed by atoms with van der Waals surface area (Å²) in [5.41, 5.74) is 8.89. The molecule has 7 nitrogen and oxygen atoms in total. The molecule has 0 spiro atoms. The van der Waals surface area contributed by atoms with Crippen LogP contribution in [0.2, 0.25) is 0 Å². The number of phenolic OH excluding ortho intramolecular Hbond substituents is 1. The Kier molecular flexibility index (Phi) is 9.53. The first-order valence-corrected chi connectivity index (χ1v) is 8.16. The molecule has 0 unspecified atom stereocenters. The van der Waals surface area contributed by atoms with E-state index in [1.54, 1.807) is 0 Å². The number of benzene rings is 1. The molecule has 0 aliphatic heterocycles. The van der Waals surface area contributed by atoms with E-state index in [1.165, 1.54) is 19.2 Å². The number of carbonyl (C=O) groups is 1. The predicted molar refractivity (Wildman–Crippen MR) is 99.7 cm³/mol. The average molecular weight is 454 g/mol. The summed E-state index contributed by atoms with van der Waals surface area (Å²) in [6.45, 7) is 3.89. The Labute approximate surface area is 210 Å². The molecule has 28 heavy (non-hydrogen) atoms. The summed E-state index contributed by atoms with van der Waals surface area (Å²) in [6.07, 6.45) is 2.02. The van der Waals surface area contributed by atoms with Crippen LogP contribution in [0.4, 0.5) is 4.39 Å². The van der Waals surface area contributed by atoms with Gasteiger partial charge in [0, 0.05) is 22.7 Å². The van der Waals surface area contributed by atoms with Crippen LogP contribution in [0.25, 0.3) is 28.0 Å². The van der Waals surface area contributed by atoms with Crippen molar-refractivity contribution >= 4 is 17.8 Å². The van der Waals surface area contributed by atoms with Gasteiger partial charge in [-0.15, -0.1) is 0 Å². The summed E-state index contributed by atoms with van der Waals surface area (Å²) >= 11 is 0. The van der Waals surface area contributed by atoms with E-state index in [-0.39, 0.29) is 75.2 Å². The number of aromatic amines is 1. The van der Waals surface area contributed by atoms with E-state index in [0.29, 0.717) is 17.1 Å². The molecular formula is C19H19FN5O2Rb. The van der Waals surface area contributed by atoms with E-state index in [0.717, 1.165) is 35.6 Å². The fraction of sp³-hybridized carbons (Fsp3) is 0.263. The third-order valence-electron chi connectivity index (χ3n) is 4.23. The van der Waals surface area contributed by atoms with E-state index in [4.69, 9.17) is 10.5 Å². The Balaban J connectivity index is 0.000000739. The quantitative estimate of drug-likeness (QED) is 0.599. The zero-order valence-electron chi connectivity index (χ0n) is 16.0. The van der Waals surface area contributed by atoms with E-state index in [9.17, 15) is 14.8 Å². The van der Waals surface area contributed by atoms with Crippen molar-refractivity contribution in [2.24, 2.45) is 0 Å². The molecule has 0 bridgehead atoms. The average Bonchev–Trinajstić information content (AvgIpc) is 3.47. The number of nitriles is 1. The molecule has 0 amide bonds. The third-order valence-corrected chi connectivity index (χ3v) is 4.23. The summed E-state index contributed by atoms with van der Waals surface area (Å²) in [4.78, 5) is 12.4. The van der Waals surface area contributed by atoms with Crippen LogP contribution < -0.4 is 58.2 Å². The van der Waals surface area contributed by atoms with Crippen molar-refractivity contribution in [1.29, 1.82) is 5.26 Å². The van der Waals surface area contributed by atoms with Gasteiger partial charge in [0.2, 0.25) is 0 Å². The monoisotopic (exact) mass is 453 g/mol. The van der Waals surface area contributed by atoms with Gasteiger partial charge >= 0.3 is 58.2 Å². The van der Waals surface area contributed by atoms with E-state index >= 15 is 0 Å². The minimum absolute atomic E-state index is 0. The fourth-order valence-corrected chi connectivity index (χ4v) is 3.02. The van der Waals surface area contributed by atoms with Crippen molar-refractivity contribution in [3.8, 4) is 23.1 Å². The molecular weight excluding hydrogens is 435 g/mol. The number of nitrogens with zero attached hydrogens (tertiary/aromatic N) is 3. The smallest absolute Gasteiger partial charge is 0.680 e. The number of pyridine rings is 1. The van der Waals surface area contributed by atoms with Crippen LogP contribution >= 0.6 is 0 Å². The van der Waals surface area contributed by atoms with Crippen molar-refractivity contribution in [3.05, 3.63) is 46.6 Å². The van der Waals surface area contributed by atoms with Crippen LogP contribution in [-0.2, 0) is 4.79 Å².